The molecule has 0 aliphatic carbocycles. The summed E-state index contributed by atoms with van der Waals surface area (Å²) in [6, 6.07) is 1.94. The fraction of sp³-hybridized carbons (Fsp3) is 0.583. The molecule has 1 aliphatic rings. The minimum absolute atomic E-state index is 0. The molecule has 14 heteroatoms. The number of aromatic nitrogens is 6. The van der Waals surface area contributed by atoms with Crippen molar-refractivity contribution in [2.75, 3.05) is 44.5 Å². The van der Waals surface area contributed by atoms with E-state index in [1.807, 2.05) is 6.07 Å². The average Bonchev–Trinajstić information content (AvgIpc) is 3.32. The summed E-state index contributed by atoms with van der Waals surface area (Å²) in [4.78, 5) is 20.8. The van der Waals surface area contributed by atoms with Crippen LogP contribution in [0.3, 0.4) is 0 Å². The summed E-state index contributed by atoms with van der Waals surface area (Å²) < 4.78 is 12.1. The van der Waals surface area contributed by atoms with Crippen molar-refractivity contribution < 1.29 is 19.4 Å². The maximum atomic E-state index is 11.8. The van der Waals surface area contributed by atoms with Gasteiger partial charge < -0.3 is 25.2 Å². The lowest BCUT2D eigenvalue weighted by atomic mass is 9.94. The van der Waals surface area contributed by atoms with Crippen molar-refractivity contribution in [2.24, 2.45) is 0 Å². The number of ether oxygens (including phenoxy) is 2. The van der Waals surface area contributed by atoms with E-state index < -0.39 is 6.09 Å². The van der Waals surface area contributed by atoms with E-state index in [9.17, 15) is 9.90 Å². The largest absolute Gasteiger partial charge is 0.495 e. The van der Waals surface area contributed by atoms with Gasteiger partial charge in [-0.1, -0.05) is 13.3 Å². The second-order valence-electron chi connectivity index (χ2n) is 9.00. The molecule has 1 atom stereocenters. The quantitative estimate of drug-likeness (QED) is 0.278. The number of rotatable bonds is 11. The summed E-state index contributed by atoms with van der Waals surface area (Å²) in [6.07, 6.45) is 5.27. The minimum Gasteiger partial charge on any atom is -0.495 e. The highest BCUT2D eigenvalue weighted by Crippen LogP contribution is 2.29. The van der Waals surface area contributed by atoms with Gasteiger partial charge in [-0.25, -0.2) is 9.78 Å². The topological polar surface area (TPSA) is 161 Å². The van der Waals surface area contributed by atoms with Crippen molar-refractivity contribution >= 4 is 41.3 Å². The van der Waals surface area contributed by atoms with E-state index in [2.05, 4.69) is 48.1 Å². The smallest absolute Gasteiger partial charge is 0.413 e. The first-order valence-electron chi connectivity index (χ1n) is 12.6. The van der Waals surface area contributed by atoms with Gasteiger partial charge >= 0.3 is 6.09 Å². The minimum atomic E-state index is -0.674. The monoisotopic (exact) mass is 549 g/mol. The molecule has 1 aliphatic heterocycles. The Labute approximate surface area is 227 Å². The Balaban J connectivity index is 0.00000400. The number of piperidine rings is 1. The second-order valence-corrected chi connectivity index (χ2v) is 9.00. The van der Waals surface area contributed by atoms with Gasteiger partial charge in [-0.15, -0.1) is 17.5 Å². The summed E-state index contributed by atoms with van der Waals surface area (Å²) in [5, 5.41) is 32.4. The van der Waals surface area contributed by atoms with Gasteiger partial charge in [-0.05, 0) is 38.8 Å². The van der Waals surface area contributed by atoms with Crippen molar-refractivity contribution in [1.29, 1.82) is 0 Å². The highest BCUT2D eigenvalue weighted by Gasteiger charge is 2.22. The second kappa shape index (κ2) is 14.0. The number of hydrogen-bond donors (Lipinski definition) is 4. The third-order valence-corrected chi connectivity index (χ3v) is 6.47. The molecule has 208 valence electrons. The maximum absolute atomic E-state index is 11.8. The van der Waals surface area contributed by atoms with E-state index in [1.54, 1.807) is 18.0 Å². The molecule has 3 aromatic rings. The SMILES string of the molecule is CCC[C@@H](CCO)Nc1nc(NC(=O)OC)nc2cnn(Cc3nnc(C4CCNCC4)cc3OC)c12.Cl. The number of halogens is 1. The predicted molar refractivity (Wildman–Crippen MR) is 145 cm³/mol. The van der Waals surface area contributed by atoms with E-state index >= 15 is 0 Å². The van der Waals surface area contributed by atoms with Crippen LogP contribution in [0.4, 0.5) is 16.6 Å². The van der Waals surface area contributed by atoms with Gasteiger partial charge in [0.2, 0.25) is 5.95 Å². The van der Waals surface area contributed by atoms with Crippen molar-refractivity contribution in [3.8, 4) is 5.75 Å². The molecule has 1 saturated heterocycles. The number of aliphatic hydroxyl groups excluding tert-OH is 1. The third kappa shape index (κ3) is 6.97. The molecular formula is C24H36ClN9O4. The third-order valence-electron chi connectivity index (χ3n) is 6.47. The number of fused-ring (bicyclic) bond motifs is 1. The molecule has 1 amide bonds. The first kappa shape index (κ1) is 29.3. The first-order chi connectivity index (χ1) is 18.1. The van der Waals surface area contributed by atoms with Crippen LogP contribution in [-0.2, 0) is 11.3 Å². The summed E-state index contributed by atoms with van der Waals surface area (Å²) in [7, 11) is 2.90. The summed E-state index contributed by atoms with van der Waals surface area (Å²) in [5.41, 5.74) is 2.73. The van der Waals surface area contributed by atoms with Crippen LogP contribution in [-0.4, -0.2) is 81.1 Å². The number of nitrogens with one attached hydrogen (secondary N) is 3. The molecular weight excluding hydrogens is 514 g/mol. The van der Waals surface area contributed by atoms with Crippen LogP contribution in [0.5, 0.6) is 5.75 Å². The molecule has 0 aromatic carbocycles. The molecule has 3 aromatic heterocycles. The van der Waals surface area contributed by atoms with Crippen molar-refractivity contribution in [3.63, 3.8) is 0 Å². The number of amides is 1. The standard InChI is InChI=1S/C24H35N9O4.ClH/c1-4-5-16(8-11-34)27-22-21-18(28-23(29-22)30-24(35)37-3)13-26-33(21)14-19-20(36-2)12-17(31-32-19)15-6-9-25-10-7-15;/h12-13,15-16,25,34H,4-11,14H2,1-3H3,(H2,27,28,29,30,35);1H/t16-;/m0./s1. The fourth-order valence-corrected chi connectivity index (χ4v) is 4.56. The molecule has 0 spiro atoms. The Hall–Kier alpha value is -3.29. The molecule has 13 nitrogen and oxygen atoms in total. The highest BCUT2D eigenvalue weighted by atomic mass is 35.5. The van der Waals surface area contributed by atoms with E-state index in [1.165, 1.54) is 7.11 Å². The zero-order chi connectivity index (χ0) is 26.2. The van der Waals surface area contributed by atoms with E-state index in [-0.39, 0.29) is 37.5 Å². The molecule has 4 N–H and O–H groups in total. The normalized spacial score (nSPS) is 14.5. The van der Waals surface area contributed by atoms with Gasteiger partial charge in [0.1, 0.15) is 22.5 Å². The van der Waals surface area contributed by atoms with Crippen LogP contribution < -0.4 is 20.7 Å². The van der Waals surface area contributed by atoms with Crippen molar-refractivity contribution in [1.82, 2.24) is 35.3 Å². The van der Waals surface area contributed by atoms with Crippen LogP contribution in [0, 0.1) is 0 Å². The summed E-state index contributed by atoms with van der Waals surface area (Å²) in [6.45, 7) is 4.33. The number of hydrogen-bond acceptors (Lipinski definition) is 11. The average molecular weight is 550 g/mol. The number of carbonyl (C=O) groups is 1. The molecule has 0 unspecified atom stereocenters. The number of aliphatic hydroxyl groups is 1. The van der Waals surface area contributed by atoms with Crippen LogP contribution >= 0.6 is 12.4 Å². The molecule has 0 saturated carbocycles. The molecule has 4 rings (SSSR count). The number of methoxy groups -OCH3 is 2. The van der Waals surface area contributed by atoms with Gasteiger partial charge in [0.25, 0.3) is 0 Å². The number of carbonyl (C=O) groups excluding carboxylic acids is 1. The predicted octanol–water partition coefficient (Wildman–Crippen LogP) is 2.70. The number of nitrogens with zero attached hydrogens (tertiary/aromatic N) is 6. The van der Waals surface area contributed by atoms with Crippen molar-refractivity contribution in [2.45, 2.75) is 57.5 Å². The van der Waals surface area contributed by atoms with Crippen LogP contribution in [0.15, 0.2) is 12.3 Å². The van der Waals surface area contributed by atoms with E-state index in [0.717, 1.165) is 44.5 Å². The molecule has 1 fully saturated rings. The maximum Gasteiger partial charge on any atom is 0.413 e. The Kier molecular flexibility index (Phi) is 10.8. The molecule has 0 radical (unpaired) electrons. The molecule has 0 bridgehead atoms. The highest BCUT2D eigenvalue weighted by molar-refractivity contribution is 5.89. The first-order valence-corrected chi connectivity index (χ1v) is 12.6. The Morgan fingerprint density at radius 3 is 2.71 bits per heavy atom. The lowest BCUT2D eigenvalue weighted by molar-refractivity contribution is 0.186. The van der Waals surface area contributed by atoms with Crippen molar-refractivity contribution in [3.05, 3.63) is 23.7 Å². The van der Waals surface area contributed by atoms with Gasteiger partial charge in [-0.3, -0.25) is 10.00 Å². The summed E-state index contributed by atoms with van der Waals surface area (Å²) >= 11 is 0. The van der Waals surface area contributed by atoms with E-state index in [0.29, 0.717) is 40.6 Å². The zero-order valence-corrected chi connectivity index (χ0v) is 22.8. The lowest BCUT2D eigenvalue weighted by Crippen LogP contribution is -2.27. The molecule has 4 heterocycles. The Bertz CT molecular complexity index is 1200. The van der Waals surface area contributed by atoms with Crippen LogP contribution in [0.2, 0.25) is 0 Å². The number of anilines is 2. The van der Waals surface area contributed by atoms with Crippen LogP contribution in [0.25, 0.3) is 11.0 Å². The van der Waals surface area contributed by atoms with Gasteiger partial charge in [0.15, 0.2) is 5.82 Å². The zero-order valence-electron chi connectivity index (χ0n) is 21.9. The Morgan fingerprint density at radius 2 is 2.03 bits per heavy atom. The van der Waals surface area contributed by atoms with E-state index in [4.69, 9.17) is 9.47 Å². The Morgan fingerprint density at radius 1 is 1.24 bits per heavy atom. The summed E-state index contributed by atoms with van der Waals surface area (Å²) in [5.74, 6) is 1.58. The lowest BCUT2D eigenvalue weighted by Gasteiger charge is -2.22. The van der Waals surface area contributed by atoms with Gasteiger partial charge in [0.05, 0.1) is 32.7 Å². The van der Waals surface area contributed by atoms with Gasteiger partial charge in [-0.2, -0.15) is 15.2 Å². The van der Waals surface area contributed by atoms with Gasteiger partial charge in [0, 0.05) is 24.6 Å². The molecule has 38 heavy (non-hydrogen) atoms. The van der Waals surface area contributed by atoms with Crippen LogP contribution in [0.1, 0.15) is 56.3 Å². The fourth-order valence-electron chi connectivity index (χ4n) is 4.56.